The molecule has 0 aromatic heterocycles. The molecule has 2 saturated heterocycles. The Balaban J connectivity index is 1.36. The van der Waals surface area contributed by atoms with Crippen molar-refractivity contribution < 1.29 is 42.6 Å². The van der Waals surface area contributed by atoms with Gasteiger partial charge in [0.15, 0.2) is 0 Å². The largest absolute Gasteiger partial charge is 0.379 e. The van der Waals surface area contributed by atoms with E-state index >= 15 is 0 Å². The quantitative estimate of drug-likeness (QED) is 0.137. The first kappa shape index (κ1) is 28.9. The predicted molar refractivity (Wildman–Crippen MR) is 123 cm³/mol. The minimum absolute atomic E-state index is 0.326. The summed E-state index contributed by atoms with van der Waals surface area (Å²) in [4.78, 5) is 0. The normalized spacial score (nSPS) is 23.8. The molecule has 0 aromatic carbocycles. The second-order valence-electron chi connectivity index (χ2n) is 8.70. The third-order valence-electron chi connectivity index (χ3n) is 5.34. The van der Waals surface area contributed by atoms with Gasteiger partial charge in [-0.2, -0.15) is 0 Å². The van der Waals surface area contributed by atoms with Gasteiger partial charge < -0.3 is 42.6 Å². The maximum absolute atomic E-state index is 5.87. The van der Waals surface area contributed by atoms with Crippen LogP contribution in [0.4, 0.5) is 0 Å². The number of unbranched alkanes of at least 4 members (excludes halogenated alkanes) is 2. The van der Waals surface area contributed by atoms with Gasteiger partial charge in [-0.15, -0.1) is 0 Å². The molecule has 2 aliphatic rings. The van der Waals surface area contributed by atoms with Crippen LogP contribution in [0.1, 0.15) is 39.5 Å². The summed E-state index contributed by atoms with van der Waals surface area (Å²) in [5, 5.41) is 0. The van der Waals surface area contributed by atoms with E-state index in [-0.39, 0.29) is 11.2 Å². The van der Waals surface area contributed by atoms with Crippen LogP contribution in [-0.2, 0) is 42.6 Å². The summed E-state index contributed by atoms with van der Waals surface area (Å²) in [7, 11) is 0. The standard InChI is InChI=1S/C24H46O9/c1-3-5-7-25-9-11-27-13-15-29-17-23(21-32-23)19-31-20-24(22-33-24)18-30-16-14-28-12-10-26-8-6-4-2/h3-22H2,1-2H3. The molecule has 196 valence electrons. The van der Waals surface area contributed by atoms with Crippen LogP contribution in [0, 0.1) is 0 Å². The van der Waals surface area contributed by atoms with Gasteiger partial charge in [0, 0.05) is 13.2 Å². The maximum atomic E-state index is 5.87. The third kappa shape index (κ3) is 14.6. The first-order chi connectivity index (χ1) is 16.2. The molecule has 2 unspecified atom stereocenters. The zero-order chi connectivity index (χ0) is 23.5. The third-order valence-corrected chi connectivity index (χ3v) is 5.34. The maximum Gasteiger partial charge on any atom is 0.138 e. The van der Waals surface area contributed by atoms with Crippen LogP contribution in [-0.4, -0.2) is 117 Å². The van der Waals surface area contributed by atoms with Crippen LogP contribution in [0.15, 0.2) is 0 Å². The molecule has 0 bridgehead atoms. The predicted octanol–water partition coefficient (Wildman–Crippen LogP) is 2.24. The number of rotatable bonds is 26. The number of epoxide rings is 2. The van der Waals surface area contributed by atoms with E-state index in [0.717, 1.165) is 38.9 Å². The van der Waals surface area contributed by atoms with Gasteiger partial charge in [0.05, 0.1) is 92.5 Å². The number of hydrogen-bond donors (Lipinski definition) is 0. The topological polar surface area (TPSA) is 89.7 Å². The lowest BCUT2D eigenvalue weighted by molar-refractivity contribution is -0.0347. The highest BCUT2D eigenvalue weighted by atomic mass is 16.7. The van der Waals surface area contributed by atoms with Crippen LogP contribution in [0.5, 0.6) is 0 Å². The highest BCUT2D eigenvalue weighted by molar-refractivity contribution is 4.95. The number of ether oxygens (including phenoxy) is 9. The molecule has 0 saturated carbocycles. The summed E-state index contributed by atoms with van der Waals surface area (Å²) in [6.07, 6.45) is 4.49. The van der Waals surface area contributed by atoms with Crippen molar-refractivity contribution in [1.29, 1.82) is 0 Å². The van der Waals surface area contributed by atoms with Gasteiger partial charge in [-0.05, 0) is 12.8 Å². The van der Waals surface area contributed by atoms with E-state index < -0.39 is 0 Å². The zero-order valence-corrected chi connectivity index (χ0v) is 20.8. The van der Waals surface area contributed by atoms with Crippen molar-refractivity contribution in [2.24, 2.45) is 0 Å². The van der Waals surface area contributed by atoms with Crippen molar-refractivity contribution >= 4 is 0 Å². The summed E-state index contributed by atoms with van der Waals surface area (Å²) in [5.41, 5.74) is -0.652. The lowest BCUT2D eigenvalue weighted by atomic mass is 10.2. The summed E-state index contributed by atoms with van der Waals surface area (Å²) >= 11 is 0. The van der Waals surface area contributed by atoms with Gasteiger partial charge in [-0.1, -0.05) is 26.7 Å². The summed E-state index contributed by atoms with van der Waals surface area (Å²) in [5.74, 6) is 0. The molecule has 33 heavy (non-hydrogen) atoms. The molecule has 2 rings (SSSR count). The van der Waals surface area contributed by atoms with Crippen LogP contribution in [0.25, 0.3) is 0 Å². The molecule has 0 aliphatic carbocycles. The first-order valence-corrected chi connectivity index (χ1v) is 12.6. The Labute approximate surface area is 199 Å². The Morgan fingerprint density at radius 3 is 1.09 bits per heavy atom. The summed E-state index contributed by atoms with van der Waals surface area (Å²) < 4.78 is 50.3. The van der Waals surface area contributed by atoms with Crippen LogP contribution in [0.3, 0.4) is 0 Å². The van der Waals surface area contributed by atoms with E-state index in [0.29, 0.717) is 92.5 Å². The Morgan fingerprint density at radius 1 is 0.455 bits per heavy atom. The molecule has 0 spiro atoms. The van der Waals surface area contributed by atoms with Crippen molar-refractivity contribution in [3.63, 3.8) is 0 Å². The van der Waals surface area contributed by atoms with Crippen molar-refractivity contribution in [3.05, 3.63) is 0 Å². The van der Waals surface area contributed by atoms with E-state index in [4.69, 9.17) is 42.6 Å². The van der Waals surface area contributed by atoms with Crippen molar-refractivity contribution in [2.45, 2.75) is 50.7 Å². The van der Waals surface area contributed by atoms with Gasteiger partial charge >= 0.3 is 0 Å². The Kier molecular flexibility index (Phi) is 15.7. The van der Waals surface area contributed by atoms with Gasteiger partial charge in [0.25, 0.3) is 0 Å². The van der Waals surface area contributed by atoms with E-state index in [1.807, 2.05) is 0 Å². The SMILES string of the molecule is CCCCOCCOCCOCC1(COCC2(COCCOCCOCCCC)CO2)CO1. The first-order valence-electron chi connectivity index (χ1n) is 12.6. The lowest BCUT2D eigenvalue weighted by Gasteiger charge is -2.16. The number of hydrogen-bond acceptors (Lipinski definition) is 9. The summed E-state index contributed by atoms with van der Waals surface area (Å²) in [6, 6.07) is 0. The molecule has 2 atom stereocenters. The van der Waals surface area contributed by atoms with E-state index in [2.05, 4.69) is 13.8 Å². The van der Waals surface area contributed by atoms with Gasteiger partial charge in [-0.3, -0.25) is 0 Å². The highest BCUT2D eigenvalue weighted by Gasteiger charge is 2.49. The molecule has 9 nitrogen and oxygen atoms in total. The van der Waals surface area contributed by atoms with Gasteiger partial charge in [0.2, 0.25) is 0 Å². The molecule has 9 heteroatoms. The Morgan fingerprint density at radius 2 is 0.758 bits per heavy atom. The second kappa shape index (κ2) is 18.0. The molecule has 0 N–H and O–H groups in total. The second-order valence-corrected chi connectivity index (χ2v) is 8.70. The molecule has 2 heterocycles. The fraction of sp³-hybridized carbons (Fsp3) is 1.00. The molecular weight excluding hydrogens is 432 g/mol. The molecule has 2 fully saturated rings. The van der Waals surface area contributed by atoms with Gasteiger partial charge in [-0.25, -0.2) is 0 Å². The molecule has 0 radical (unpaired) electrons. The fourth-order valence-corrected chi connectivity index (χ4v) is 2.93. The van der Waals surface area contributed by atoms with E-state index in [1.54, 1.807) is 0 Å². The van der Waals surface area contributed by atoms with Crippen LogP contribution >= 0.6 is 0 Å². The Hall–Kier alpha value is -0.360. The summed E-state index contributed by atoms with van der Waals surface area (Å²) in [6.45, 7) is 13.9. The molecule has 0 aromatic rings. The average Bonchev–Trinajstić information content (AvgIpc) is 3.75. The Bertz CT molecular complexity index is 415. The average molecular weight is 479 g/mol. The smallest absolute Gasteiger partial charge is 0.138 e. The van der Waals surface area contributed by atoms with E-state index in [9.17, 15) is 0 Å². The molecule has 2 aliphatic heterocycles. The van der Waals surface area contributed by atoms with Crippen LogP contribution < -0.4 is 0 Å². The van der Waals surface area contributed by atoms with Crippen molar-refractivity contribution in [1.82, 2.24) is 0 Å². The van der Waals surface area contributed by atoms with E-state index in [1.165, 1.54) is 0 Å². The van der Waals surface area contributed by atoms with Crippen molar-refractivity contribution in [2.75, 3.05) is 106 Å². The van der Waals surface area contributed by atoms with Crippen LogP contribution in [0.2, 0.25) is 0 Å². The zero-order valence-electron chi connectivity index (χ0n) is 20.8. The lowest BCUT2D eigenvalue weighted by Crippen LogP contribution is -2.32. The van der Waals surface area contributed by atoms with Crippen molar-refractivity contribution in [3.8, 4) is 0 Å². The highest BCUT2D eigenvalue weighted by Crippen LogP contribution is 2.31. The van der Waals surface area contributed by atoms with Gasteiger partial charge in [0.1, 0.15) is 11.2 Å². The minimum atomic E-state index is -0.326. The molecular formula is C24H46O9. The fourth-order valence-electron chi connectivity index (χ4n) is 2.93. The molecule has 0 amide bonds. The monoisotopic (exact) mass is 478 g/mol. The minimum Gasteiger partial charge on any atom is -0.379 e.